The molecule has 13 heavy (non-hydrogen) atoms. The quantitative estimate of drug-likeness (QED) is 0.554. The number of hydrogen-bond acceptors (Lipinski definition) is 1. The first-order valence-electron chi connectivity index (χ1n) is 3.55. The van der Waals surface area contributed by atoms with E-state index in [-0.39, 0.29) is 13.0 Å². The maximum absolute atomic E-state index is 12.3. The largest absolute Gasteiger partial charge is 0.427 e. The molecule has 1 unspecified atom stereocenters. The first kappa shape index (κ1) is 12.5. The van der Waals surface area contributed by atoms with Crippen molar-refractivity contribution in [2.75, 3.05) is 6.54 Å². The Balaban J connectivity index is 4.27. The summed E-state index contributed by atoms with van der Waals surface area (Å²) in [6.45, 7) is 1.10. The number of hydrogen-bond donors (Lipinski definition) is 1. The molecule has 0 amide bonds. The van der Waals surface area contributed by atoms with Gasteiger partial charge in [0.1, 0.15) is 0 Å². The van der Waals surface area contributed by atoms with Crippen molar-refractivity contribution in [3.63, 3.8) is 0 Å². The van der Waals surface area contributed by atoms with E-state index >= 15 is 0 Å². The van der Waals surface area contributed by atoms with Crippen LogP contribution in [-0.2, 0) is 0 Å². The van der Waals surface area contributed by atoms with Gasteiger partial charge in [-0.2, -0.15) is 22.0 Å². The molecule has 0 aromatic heterocycles. The zero-order valence-corrected chi connectivity index (χ0v) is 6.76. The van der Waals surface area contributed by atoms with Crippen LogP contribution in [0.4, 0.5) is 26.3 Å². The van der Waals surface area contributed by atoms with E-state index in [1.165, 1.54) is 12.2 Å². The predicted octanol–water partition coefficient (Wildman–Crippen LogP) is 2.48. The van der Waals surface area contributed by atoms with Crippen molar-refractivity contribution >= 4 is 0 Å². The highest BCUT2D eigenvalue weighted by Gasteiger charge is 2.56. The monoisotopic (exact) mass is 209 g/mol. The molecule has 0 bridgehead atoms. The summed E-state index contributed by atoms with van der Waals surface area (Å²) in [6.07, 6.45) is -9.50. The van der Waals surface area contributed by atoms with Gasteiger partial charge < -0.3 is 0 Å². The zero-order valence-electron chi connectivity index (χ0n) is 6.76. The molecule has 0 saturated carbocycles. The summed E-state index contributed by atoms with van der Waals surface area (Å²) in [4.78, 5) is 0. The van der Waals surface area contributed by atoms with Gasteiger partial charge in [-0.1, -0.05) is 6.92 Å². The molecule has 0 spiro atoms. The molecule has 1 N–H and O–H groups in total. The summed E-state index contributed by atoms with van der Waals surface area (Å²) in [5, 5.41) is 1.19. The molecule has 0 aromatic rings. The average molecular weight is 209 g/mol. The lowest BCUT2D eigenvalue weighted by Crippen LogP contribution is -2.51. The standard InChI is InChI=1S/C6H9F6N/c1-2-3-13-6(11,12)4(7)5(8,9)10/h4,13H,2-3H2,1H3. The van der Waals surface area contributed by atoms with E-state index in [1.807, 2.05) is 0 Å². The second-order valence-corrected chi connectivity index (χ2v) is 2.45. The Hall–Kier alpha value is -0.460. The molecule has 0 aliphatic heterocycles. The fourth-order valence-electron chi connectivity index (χ4n) is 0.587. The van der Waals surface area contributed by atoms with E-state index in [9.17, 15) is 26.3 Å². The molecule has 7 heteroatoms. The van der Waals surface area contributed by atoms with Gasteiger partial charge in [0, 0.05) is 6.54 Å². The van der Waals surface area contributed by atoms with E-state index in [4.69, 9.17) is 0 Å². The number of nitrogens with one attached hydrogen (secondary N) is 1. The van der Waals surface area contributed by atoms with E-state index in [0.717, 1.165) is 0 Å². The van der Waals surface area contributed by atoms with Crippen molar-refractivity contribution in [3.05, 3.63) is 0 Å². The Labute approximate surface area is 71.1 Å². The van der Waals surface area contributed by atoms with Crippen molar-refractivity contribution < 1.29 is 26.3 Å². The first-order valence-corrected chi connectivity index (χ1v) is 3.55. The molecule has 1 atom stereocenters. The van der Waals surface area contributed by atoms with Crippen LogP contribution in [0.3, 0.4) is 0 Å². The maximum Gasteiger partial charge on any atom is 0.427 e. The lowest BCUT2D eigenvalue weighted by molar-refractivity contribution is -0.252. The normalized spacial score (nSPS) is 15.9. The number of rotatable bonds is 4. The van der Waals surface area contributed by atoms with Crippen LogP contribution in [0, 0.1) is 0 Å². The fourth-order valence-corrected chi connectivity index (χ4v) is 0.587. The topological polar surface area (TPSA) is 12.0 Å². The molecular formula is C6H9F6N. The fraction of sp³-hybridized carbons (Fsp3) is 1.00. The third-order valence-electron chi connectivity index (χ3n) is 1.22. The predicted molar refractivity (Wildman–Crippen MR) is 34.2 cm³/mol. The van der Waals surface area contributed by atoms with Gasteiger partial charge in [0.2, 0.25) is 0 Å². The van der Waals surface area contributed by atoms with E-state index in [2.05, 4.69) is 0 Å². The van der Waals surface area contributed by atoms with Crippen LogP contribution >= 0.6 is 0 Å². The SMILES string of the molecule is CCCNC(F)(F)C(F)C(F)(F)F. The van der Waals surface area contributed by atoms with Crippen LogP contribution in [0.5, 0.6) is 0 Å². The molecule has 1 nitrogen and oxygen atoms in total. The smallest absolute Gasteiger partial charge is 0.255 e. The van der Waals surface area contributed by atoms with Crippen LogP contribution in [0.1, 0.15) is 13.3 Å². The van der Waals surface area contributed by atoms with Gasteiger partial charge in [0.15, 0.2) is 0 Å². The molecule has 0 aromatic carbocycles. The molecule has 80 valence electrons. The highest BCUT2D eigenvalue weighted by atomic mass is 19.4. The second-order valence-electron chi connectivity index (χ2n) is 2.45. The Morgan fingerprint density at radius 3 is 1.92 bits per heavy atom. The van der Waals surface area contributed by atoms with E-state index in [1.54, 1.807) is 0 Å². The lowest BCUT2D eigenvalue weighted by Gasteiger charge is -2.23. The highest BCUT2D eigenvalue weighted by molar-refractivity contribution is 4.80. The van der Waals surface area contributed by atoms with E-state index in [0.29, 0.717) is 0 Å². The van der Waals surface area contributed by atoms with Gasteiger partial charge >= 0.3 is 12.2 Å². The summed E-state index contributed by atoms with van der Waals surface area (Å²) in [6, 6.07) is -4.55. The lowest BCUT2D eigenvalue weighted by atomic mass is 10.3. The van der Waals surface area contributed by atoms with Crippen LogP contribution in [0.15, 0.2) is 0 Å². The first-order chi connectivity index (χ1) is 5.72. The molecule has 0 aliphatic carbocycles. The average Bonchev–Trinajstić information content (AvgIpc) is 1.98. The van der Waals surface area contributed by atoms with Gasteiger partial charge in [0.05, 0.1) is 0 Å². The van der Waals surface area contributed by atoms with Crippen molar-refractivity contribution in [1.29, 1.82) is 0 Å². The van der Waals surface area contributed by atoms with Gasteiger partial charge in [-0.15, -0.1) is 0 Å². The Kier molecular flexibility index (Phi) is 4.02. The molecule has 0 fully saturated rings. The molecule has 0 rings (SSSR count). The Morgan fingerprint density at radius 2 is 1.62 bits per heavy atom. The third kappa shape index (κ3) is 3.84. The second kappa shape index (κ2) is 4.17. The summed E-state index contributed by atoms with van der Waals surface area (Å²) in [5.74, 6) is 0. The Bertz CT molecular complexity index is 154. The third-order valence-corrected chi connectivity index (χ3v) is 1.22. The molecule has 0 aliphatic rings. The van der Waals surface area contributed by atoms with Gasteiger partial charge in [0.25, 0.3) is 6.17 Å². The maximum atomic E-state index is 12.3. The summed E-state index contributed by atoms with van der Waals surface area (Å²) in [7, 11) is 0. The van der Waals surface area contributed by atoms with Crippen LogP contribution in [0.2, 0.25) is 0 Å². The van der Waals surface area contributed by atoms with Crippen LogP contribution in [0.25, 0.3) is 0 Å². The van der Waals surface area contributed by atoms with Crippen molar-refractivity contribution in [2.45, 2.75) is 31.7 Å². The summed E-state index contributed by atoms with van der Waals surface area (Å²) < 4.78 is 71.1. The van der Waals surface area contributed by atoms with Crippen LogP contribution < -0.4 is 5.32 Å². The van der Waals surface area contributed by atoms with Crippen LogP contribution in [-0.4, -0.2) is 24.9 Å². The van der Waals surface area contributed by atoms with Gasteiger partial charge in [-0.05, 0) is 6.42 Å². The minimum absolute atomic E-state index is 0.195. The summed E-state index contributed by atoms with van der Waals surface area (Å²) >= 11 is 0. The van der Waals surface area contributed by atoms with Crippen molar-refractivity contribution in [2.24, 2.45) is 0 Å². The number of halogens is 6. The molecule has 0 radical (unpaired) electrons. The van der Waals surface area contributed by atoms with Crippen molar-refractivity contribution in [1.82, 2.24) is 5.32 Å². The summed E-state index contributed by atoms with van der Waals surface area (Å²) in [5.41, 5.74) is 0. The van der Waals surface area contributed by atoms with Crippen molar-refractivity contribution in [3.8, 4) is 0 Å². The minimum atomic E-state index is -5.54. The van der Waals surface area contributed by atoms with Gasteiger partial charge in [-0.3, -0.25) is 5.32 Å². The minimum Gasteiger partial charge on any atom is -0.255 e. The highest BCUT2D eigenvalue weighted by Crippen LogP contribution is 2.32. The molecule has 0 heterocycles. The van der Waals surface area contributed by atoms with Gasteiger partial charge in [-0.25, -0.2) is 4.39 Å². The number of alkyl halides is 6. The van der Waals surface area contributed by atoms with E-state index < -0.39 is 18.4 Å². The Morgan fingerprint density at radius 1 is 1.15 bits per heavy atom. The molecule has 0 saturated heterocycles. The molecular weight excluding hydrogens is 200 g/mol. The zero-order chi connectivity index (χ0) is 10.7.